The Balaban J connectivity index is 1.75. The smallest absolute Gasteiger partial charge is 0.239 e. The molecule has 1 atom stereocenters. The number of unbranched alkanes of at least 4 members (excludes halogenated alkanes) is 1. The van der Waals surface area contributed by atoms with Gasteiger partial charge in [-0.2, -0.15) is 0 Å². The molecule has 0 spiro atoms. The maximum atomic E-state index is 12.1. The van der Waals surface area contributed by atoms with E-state index in [1.54, 1.807) is 0 Å². The van der Waals surface area contributed by atoms with Crippen molar-refractivity contribution in [2.24, 2.45) is 11.7 Å². The highest BCUT2D eigenvalue weighted by molar-refractivity contribution is 5.83. The van der Waals surface area contributed by atoms with E-state index < -0.39 is 0 Å². The van der Waals surface area contributed by atoms with Crippen LogP contribution >= 0.6 is 0 Å². The molecule has 5 nitrogen and oxygen atoms in total. The molecule has 5 heteroatoms. The number of carbonyl (C=O) groups is 2. The van der Waals surface area contributed by atoms with Gasteiger partial charge in [-0.3, -0.25) is 9.59 Å². The second kappa shape index (κ2) is 6.37. The lowest BCUT2D eigenvalue weighted by molar-refractivity contribution is -0.141. The molecule has 1 aliphatic heterocycles. The lowest BCUT2D eigenvalue weighted by Crippen LogP contribution is -2.54. The van der Waals surface area contributed by atoms with Crippen molar-refractivity contribution in [2.75, 3.05) is 26.2 Å². The Morgan fingerprint density at radius 2 is 1.74 bits per heavy atom. The average molecular weight is 267 g/mol. The number of nitrogens with two attached hydrogens (primary N) is 1. The fourth-order valence-electron chi connectivity index (χ4n) is 2.52. The second-order valence-corrected chi connectivity index (χ2v) is 5.67. The maximum Gasteiger partial charge on any atom is 0.239 e. The van der Waals surface area contributed by atoms with Crippen LogP contribution in [-0.2, 0) is 9.59 Å². The lowest BCUT2D eigenvalue weighted by atomic mass is 10.1. The normalized spacial score (nSPS) is 21.4. The van der Waals surface area contributed by atoms with E-state index in [0.717, 1.165) is 32.1 Å². The molecule has 2 rings (SSSR count). The van der Waals surface area contributed by atoms with E-state index >= 15 is 0 Å². The summed E-state index contributed by atoms with van der Waals surface area (Å²) in [6, 6.07) is -0.370. The Labute approximate surface area is 115 Å². The zero-order valence-electron chi connectivity index (χ0n) is 11.8. The molecule has 19 heavy (non-hydrogen) atoms. The van der Waals surface area contributed by atoms with Gasteiger partial charge in [0.25, 0.3) is 0 Å². The molecule has 2 aliphatic rings. The van der Waals surface area contributed by atoms with E-state index in [0.29, 0.717) is 26.2 Å². The van der Waals surface area contributed by atoms with Gasteiger partial charge in [0.05, 0.1) is 6.04 Å². The summed E-state index contributed by atoms with van der Waals surface area (Å²) in [5.74, 6) is 0.600. The Morgan fingerprint density at radius 3 is 2.26 bits per heavy atom. The van der Waals surface area contributed by atoms with E-state index in [9.17, 15) is 9.59 Å². The Bertz CT molecular complexity index is 334. The van der Waals surface area contributed by atoms with Gasteiger partial charge in [-0.1, -0.05) is 19.8 Å². The molecular formula is C14H25N3O2. The molecule has 108 valence electrons. The van der Waals surface area contributed by atoms with Gasteiger partial charge in [0.15, 0.2) is 0 Å². The molecule has 2 amide bonds. The highest BCUT2D eigenvalue weighted by Gasteiger charge is 2.35. The summed E-state index contributed by atoms with van der Waals surface area (Å²) in [7, 11) is 0. The topological polar surface area (TPSA) is 66.6 Å². The number of hydrogen-bond acceptors (Lipinski definition) is 3. The van der Waals surface area contributed by atoms with Crippen LogP contribution in [0.4, 0.5) is 0 Å². The minimum atomic E-state index is -0.370. The lowest BCUT2D eigenvalue weighted by Gasteiger charge is -2.36. The van der Waals surface area contributed by atoms with E-state index in [-0.39, 0.29) is 23.8 Å². The van der Waals surface area contributed by atoms with Crippen molar-refractivity contribution < 1.29 is 9.59 Å². The van der Waals surface area contributed by atoms with Crippen molar-refractivity contribution in [3.8, 4) is 0 Å². The van der Waals surface area contributed by atoms with Gasteiger partial charge < -0.3 is 15.5 Å². The monoisotopic (exact) mass is 267 g/mol. The van der Waals surface area contributed by atoms with Crippen LogP contribution in [0.5, 0.6) is 0 Å². The van der Waals surface area contributed by atoms with E-state index in [1.165, 1.54) is 0 Å². The quantitative estimate of drug-likeness (QED) is 0.792. The van der Waals surface area contributed by atoms with Crippen molar-refractivity contribution in [2.45, 2.75) is 45.1 Å². The summed E-state index contributed by atoms with van der Waals surface area (Å²) in [5, 5.41) is 0. The van der Waals surface area contributed by atoms with Gasteiger partial charge in [-0.15, -0.1) is 0 Å². The van der Waals surface area contributed by atoms with Crippen LogP contribution < -0.4 is 5.73 Å². The van der Waals surface area contributed by atoms with Gasteiger partial charge in [0, 0.05) is 32.1 Å². The summed E-state index contributed by atoms with van der Waals surface area (Å²) >= 11 is 0. The highest BCUT2D eigenvalue weighted by atomic mass is 16.2. The number of carbonyl (C=O) groups excluding carboxylic acids is 2. The van der Waals surface area contributed by atoms with Crippen molar-refractivity contribution in [1.29, 1.82) is 0 Å². The number of rotatable bonds is 5. The fraction of sp³-hybridized carbons (Fsp3) is 0.857. The van der Waals surface area contributed by atoms with Crippen molar-refractivity contribution in [1.82, 2.24) is 9.80 Å². The SMILES string of the molecule is CCCC[C@H](N)C(=O)N1CCN(C(=O)C2CC2)CC1. The van der Waals surface area contributed by atoms with Gasteiger partial charge >= 0.3 is 0 Å². The Kier molecular flexibility index (Phi) is 4.80. The third kappa shape index (κ3) is 3.69. The van der Waals surface area contributed by atoms with Crippen molar-refractivity contribution >= 4 is 11.8 Å². The van der Waals surface area contributed by atoms with Crippen LogP contribution in [0.25, 0.3) is 0 Å². The first kappa shape index (κ1) is 14.3. The number of hydrogen-bond donors (Lipinski definition) is 1. The number of nitrogens with zero attached hydrogens (tertiary/aromatic N) is 2. The molecule has 0 aromatic heterocycles. The minimum absolute atomic E-state index is 0.0481. The van der Waals surface area contributed by atoms with Crippen LogP contribution in [0.2, 0.25) is 0 Å². The molecule has 1 saturated carbocycles. The third-order valence-corrected chi connectivity index (χ3v) is 4.02. The van der Waals surface area contributed by atoms with Crippen LogP contribution in [0.3, 0.4) is 0 Å². The minimum Gasteiger partial charge on any atom is -0.339 e. The molecule has 1 aliphatic carbocycles. The first-order chi connectivity index (χ1) is 9.13. The predicted molar refractivity (Wildman–Crippen MR) is 73.4 cm³/mol. The van der Waals surface area contributed by atoms with Crippen LogP contribution in [0, 0.1) is 5.92 Å². The molecule has 0 radical (unpaired) electrons. The molecule has 2 N–H and O–H groups in total. The Hall–Kier alpha value is -1.10. The van der Waals surface area contributed by atoms with Crippen LogP contribution in [-0.4, -0.2) is 53.8 Å². The van der Waals surface area contributed by atoms with Crippen molar-refractivity contribution in [3.05, 3.63) is 0 Å². The van der Waals surface area contributed by atoms with Gasteiger partial charge in [0.2, 0.25) is 11.8 Å². The number of piperazine rings is 1. The van der Waals surface area contributed by atoms with Gasteiger partial charge in [-0.25, -0.2) is 0 Å². The maximum absolute atomic E-state index is 12.1. The zero-order valence-corrected chi connectivity index (χ0v) is 11.8. The first-order valence-corrected chi connectivity index (χ1v) is 7.46. The van der Waals surface area contributed by atoms with Gasteiger partial charge in [-0.05, 0) is 19.3 Å². The molecule has 0 aromatic rings. The van der Waals surface area contributed by atoms with Crippen molar-refractivity contribution in [3.63, 3.8) is 0 Å². The van der Waals surface area contributed by atoms with Crippen LogP contribution in [0.15, 0.2) is 0 Å². The molecule has 0 bridgehead atoms. The van der Waals surface area contributed by atoms with E-state index in [1.807, 2.05) is 9.80 Å². The average Bonchev–Trinajstić information content (AvgIpc) is 3.28. The second-order valence-electron chi connectivity index (χ2n) is 5.67. The van der Waals surface area contributed by atoms with Crippen LogP contribution in [0.1, 0.15) is 39.0 Å². The summed E-state index contributed by atoms with van der Waals surface area (Å²) in [6.07, 6.45) is 4.90. The van der Waals surface area contributed by atoms with E-state index in [2.05, 4.69) is 6.92 Å². The Morgan fingerprint density at radius 1 is 1.16 bits per heavy atom. The van der Waals surface area contributed by atoms with E-state index in [4.69, 9.17) is 5.73 Å². The third-order valence-electron chi connectivity index (χ3n) is 4.02. The summed E-state index contributed by atoms with van der Waals surface area (Å²) in [5.41, 5.74) is 5.92. The fourth-order valence-corrected chi connectivity index (χ4v) is 2.52. The summed E-state index contributed by atoms with van der Waals surface area (Å²) < 4.78 is 0. The summed E-state index contributed by atoms with van der Waals surface area (Å²) in [4.78, 5) is 27.8. The number of amides is 2. The summed E-state index contributed by atoms with van der Waals surface area (Å²) in [6.45, 7) is 4.71. The molecular weight excluding hydrogens is 242 g/mol. The predicted octanol–water partition coefficient (Wildman–Crippen LogP) is 0.585. The molecule has 0 unspecified atom stereocenters. The molecule has 0 aromatic carbocycles. The standard InChI is InChI=1S/C14H25N3O2/c1-2-3-4-12(15)14(19)17-9-7-16(8-10-17)13(18)11-5-6-11/h11-12H,2-10,15H2,1H3/t12-/m0/s1. The first-order valence-electron chi connectivity index (χ1n) is 7.46. The largest absolute Gasteiger partial charge is 0.339 e. The molecule has 1 heterocycles. The van der Waals surface area contributed by atoms with Gasteiger partial charge in [0.1, 0.15) is 0 Å². The molecule has 2 fully saturated rings. The molecule has 1 saturated heterocycles. The highest BCUT2D eigenvalue weighted by Crippen LogP contribution is 2.31. The zero-order chi connectivity index (χ0) is 13.8.